The molecule has 1 unspecified atom stereocenters. The Kier molecular flexibility index (Phi) is 6.30. The van der Waals surface area contributed by atoms with Crippen molar-refractivity contribution in [2.24, 2.45) is 5.73 Å². The third kappa shape index (κ3) is 4.73. The Hall–Kier alpha value is -1.76. The molecule has 1 aromatic rings. The molecule has 0 aliphatic heterocycles. The van der Waals surface area contributed by atoms with Crippen LogP contribution in [0.15, 0.2) is 18.2 Å². The summed E-state index contributed by atoms with van der Waals surface area (Å²) >= 11 is 1.82. The largest absolute Gasteiger partial charge is 0.377 e. The second kappa shape index (κ2) is 7.74. The molecule has 3 N–H and O–H groups in total. The van der Waals surface area contributed by atoms with Crippen molar-refractivity contribution in [3.63, 3.8) is 0 Å². The number of hydrogen-bond acceptors (Lipinski definition) is 5. The number of hydrogen-bond donors (Lipinski definition) is 2. The molecule has 0 heterocycles. The highest BCUT2D eigenvalue weighted by atomic mass is 32.2. The molecule has 1 rings (SSSR count). The molecule has 0 bridgehead atoms. The molecule has 0 radical (unpaired) electrons. The minimum atomic E-state index is -0.600. The van der Waals surface area contributed by atoms with Gasteiger partial charge >= 0.3 is 0 Å². The fourth-order valence-corrected chi connectivity index (χ4v) is 2.52. The van der Waals surface area contributed by atoms with Gasteiger partial charge in [-0.1, -0.05) is 6.92 Å². The number of anilines is 1. The molecule has 0 saturated carbocycles. The van der Waals surface area contributed by atoms with E-state index in [1.54, 1.807) is 0 Å². The van der Waals surface area contributed by atoms with Gasteiger partial charge in [-0.3, -0.25) is 14.9 Å². The van der Waals surface area contributed by atoms with Crippen molar-refractivity contribution in [1.82, 2.24) is 0 Å². The number of carbonyl (C=O) groups excluding carboxylic acids is 1. The first-order valence-electron chi connectivity index (χ1n) is 6.38. The Bertz CT molecular complexity index is 494. The second-order valence-electron chi connectivity index (χ2n) is 4.38. The molecule has 0 aromatic heterocycles. The summed E-state index contributed by atoms with van der Waals surface area (Å²) in [5.41, 5.74) is 5.74. The molecule has 1 amide bonds. The molecule has 1 atom stereocenters. The summed E-state index contributed by atoms with van der Waals surface area (Å²) in [7, 11) is 0. The van der Waals surface area contributed by atoms with Gasteiger partial charge in [0.1, 0.15) is 5.69 Å². The van der Waals surface area contributed by atoms with E-state index in [2.05, 4.69) is 12.2 Å². The summed E-state index contributed by atoms with van der Waals surface area (Å²) in [6, 6.07) is 4.18. The molecule has 0 fully saturated rings. The van der Waals surface area contributed by atoms with Gasteiger partial charge in [0.2, 0.25) is 5.91 Å². The third-order valence-electron chi connectivity index (χ3n) is 2.78. The van der Waals surface area contributed by atoms with E-state index in [9.17, 15) is 14.9 Å². The van der Waals surface area contributed by atoms with Crippen LogP contribution >= 0.6 is 11.8 Å². The van der Waals surface area contributed by atoms with E-state index >= 15 is 0 Å². The fraction of sp³-hybridized carbons (Fsp3) is 0.462. The number of nitrogens with one attached hydrogen (secondary N) is 1. The lowest BCUT2D eigenvalue weighted by atomic mass is 10.1. The van der Waals surface area contributed by atoms with Gasteiger partial charge in [-0.05, 0) is 37.0 Å². The lowest BCUT2D eigenvalue weighted by Gasteiger charge is -2.15. The van der Waals surface area contributed by atoms with Crippen molar-refractivity contribution in [3.05, 3.63) is 33.9 Å². The van der Waals surface area contributed by atoms with Gasteiger partial charge in [-0.15, -0.1) is 0 Å². The van der Waals surface area contributed by atoms with Crippen LogP contribution in [0.5, 0.6) is 0 Å². The monoisotopic (exact) mass is 297 g/mol. The van der Waals surface area contributed by atoms with Gasteiger partial charge in [0, 0.05) is 17.7 Å². The highest BCUT2D eigenvalue weighted by Crippen LogP contribution is 2.26. The van der Waals surface area contributed by atoms with Crippen molar-refractivity contribution in [1.29, 1.82) is 0 Å². The Balaban J connectivity index is 2.87. The zero-order valence-electron chi connectivity index (χ0n) is 11.6. The molecule has 0 saturated heterocycles. The number of nitrogens with zero attached hydrogens (tertiary/aromatic N) is 1. The molecule has 6 nitrogen and oxygen atoms in total. The van der Waals surface area contributed by atoms with Crippen LogP contribution in [0, 0.1) is 10.1 Å². The van der Waals surface area contributed by atoms with Gasteiger partial charge in [-0.25, -0.2) is 0 Å². The molecule has 0 spiro atoms. The van der Waals surface area contributed by atoms with Crippen LogP contribution in [0.25, 0.3) is 0 Å². The Morgan fingerprint density at radius 3 is 2.80 bits per heavy atom. The summed E-state index contributed by atoms with van der Waals surface area (Å²) in [4.78, 5) is 21.7. The van der Waals surface area contributed by atoms with E-state index in [0.717, 1.165) is 17.9 Å². The molecule has 0 aliphatic rings. The Morgan fingerprint density at radius 2 is 2.25 bits per heavy atom. The van der Waals surface area contributed by atoms with Crippen molar-refractivity contribution in [2.75, 3.05) is 16.8 Å². The summed E-state index contributed by atoms with van der Waals surface area (Å²) < 4.78 is 0. The number of rotatable bonds is 8. The number of thioether (sulfide) groups is 1. The average Bonchev–Trinajstić information content (AvgIpc) is 2.38. The van der Waals surface area contributed by atoms with E-state index < -0.39 is 10.8 Å². The van der Waals surface area contributed by atoms with Crippen molar-refractivity contribution < 1.29 is 9.72 Å². The van der Waals surface area contributed by atoms with E-state index in [1.807, 2.05) is 18.7 Å². The smallest absolute Gasteiger partial charge is 0.292 e. The minimum Gasteiger partial charge on any atom is -0.377 e. The normalized spacial score (nSPS) is 11.9. The van der Waals surface area contributed by atoms with Crippen LogP contribution in [0.1, 0.15) is 30.6 Å². The predicted molar refractivity (Wildman–Crippen MR) is 82.3 cm³/mol. The second-order valence-corrected chi connectivity index (χ2v) is 5.78. The first-order chi connectivity index (χ1) is 9.45. The Labute approximate surface area is 122 Å². The molecular weight excluding hydrogens is 278 g/mol. The van der Waals surface area contributed by atoms with E-state index in [-0.39, 0.29) is 17.3 Å². The van der Waals surface area contributed by atoms with Crippen LogP contribution in [0.4, 0.5) is 11.4 Å². The molecule has 7 heteroatoms. The van der Waals surface area contributed by atoms with E-state index in [0.29, 0.717) is 5.69 Å². The number of nitrogens with two attached hydrogens (primary N) is 1. The number of primary amides is 1. The SMILES string of the molecule is CCSCCC(C)Nc1cc(C(N)=O)ccc1[N+](=O)[O-]. The molecule has 20 heavy (non-hydrogen) atoms. The summed E-state index contributed by atoms with van der Waals surface area (Å²) in [6.07, 6.45) is 0.885. The number of nitro groups is 1. The zero-order valence-corrected chi connectivity index (χ0v) is 12.4. The predicted octanol–water partition coefficient (Wildman–Crippen LogP) is 2.64. The van der Waals surface area contributed by atoms with Gasteiger partial charge < -0.3 is 11.1 Å². The lowest BCUT2D eigenvalue weighted by molar-refractivity contribution is -0.384. The molecule has 1 aromatic carbocycles. The number of benzene rings is 1. The highest BCUT2D eigenvalue weighted by molar-refractivity contribution is 7.99. The molecular formula is C13H19N3O3S. The zero-order chi connectivity index (χ0) is 15.1. The average molecular weight is 297 g/mol. The summed E-state index contributed by atoms with van der Waals surface area (Å²) in [6.45, 7) is 4.04. The van der Waals surface area contributed by atoms with Crippen molar-refractivity contribution in [3.8, 4) is 0 Å². The highest BCUT2D eigenvalue weighted by Gasteiger charge is 2.17. The quantitative estimate of drug-likeness (QED) is 0.436. The van der Waals surface area contributed by atoms with Crippen LogP contribution in [-0.4, -0.2) is 28.4 Å². The minimum absolute atomic E-state index is 0.0509. The first kappa shape index (κ1) is 16.3. The van der Waals surface area contributed by atoms with Crippen LogP contribution in [0.3, 0.4) is 0 Å². The van der Waals surface area contributed by atoms with Crippen LogP contribution in [0.2, 0.25) is 0 Å². The number of amides is 1. The summed E-state index contributed by atoms with van der Waals surface area (Å²) in [5.74, 6) is 1.43. The fourth-order valence-electron chi connectivity index (χ4n) is 1.71. The van der Waals surface area contributed by atoms with Gasteiger partial charge in [-0.2, -0.15) is 11.8 Å². The van der Waals surface area contributed by atoms with Gasteiger partial charge in [0.05, 0.1) is 4.92 Å². The lowest BCUT2D eigenvalue weighted by Crippen LogP contribution is -2.18. The number of carbonyl (C=O) groups is 1. The topological polar surface area (TPSA) is 98.3 Å². The third-order valence-corrected chi connectivity index (χ3v) is 3.71. The maximum absolute atomic E-state index is 11.2. The maximum atomic E-state index is 11.2. The molecule has 0 aliphatic carbocycles. The van der Waals surface area contributed by atoms with Gasteiger partial charge in [0.25, 0.3) is 5.69 Å². The van der Waals surface area contributed by atoms with E-state index in [1.165, 1.54) is 18.2 Å². The maximum Gasteiger partial charge on any atom is 0.292 e. The van der Waals surface area contributed by atoms with Gasteiger partial charge in [0.15, 0.2) is 0 Å². The Morgan fingerprint density at radius 1 is 1.55 bits per heavy atom. The van der Waals surface area contributed by atoms with Crippen LogP contribution in [-0.2, 0) is 0 Å². The number of nitro benzene ring substituents is 1. The van der Waals surface area contributed by atoms with Crippen molar-refractivity contribution in [2.45, 2.75) is 26.3 Å². The molecule has 110 valence electrons. The summed E-state index contributed by atoms with van der Waals surface area (Å²) in [5, 5.41) is 14.1. The van der Waals surface area contributed by atoms with Crippen molar-refractivity contribution >= 4 is 29.0 Å². The standard InChI is InChI=1S/C13H19N3O3S/c1-3-20-7-6-9(2)15-11-8-10(13(14)17)4-5-12(11)16(18)19/h4-5,8-9,15H,3,6-7H2,1-2H3,(H2,14,17). The first-order valence-corrected chi connectivity index (χ1v) is 7.53. The van der Waals surface area contributed by atoms with E-state index in [4.69, 9.17) is 5.73 Å². The van der Waals surface area contributed by atoms with Crippen LogP contribution < -0.4 is 11.1 Å².